The third-order valence-electron chi connectivity index (χ3n) is 8.01. The highest BCUT2D eigenvalue weighted by Gasteiger charge is 2.24. The molecule has 0 aromatic heterocycles. The van der Waals surface area contributed by atoms with Gasteiger partial charge in [-0.05, 0) is 94.0 Å². The lowest BCUT2D eigenvalue weighted by molar-refractivity contribution is -0.114. The van der Waals surface area contributed by atoms with E-state index in [-0.39, 0.29) is 5.91 Å². The first-order chi connectivity index (χ1) is 23.1. The van der Waals surface area contributed by atoms with E-state index in [0.29, 0.717) is 29.3 Å². The topological polar surface area (TPSA) is 138 Å². The fourth-order valence-corrected chi connectivity index (χ4v) is 5.76. The minimum Gasteiger partial charge on any atom is -0.384 e. The molecule has 0 spiro atoms. The van der Waals surface area contributed by atoms with Crippen LogP contribution in [0.15, 0.2) is 110 Å². The van der Waals surface area contributed by atoms with Gasteiger partial charge in [-0.3, -0.25) is 25.1 Å². The number of rotatable bonds is 5. The number of carbonyl (C=O) groups excluding carboxylic acids is 1. The van der Waals surface area contributed by atoms with E-state index in [1.54, 1.807) is 24.2 Å². The van der Waals surface area contributed by atoms with Crippen molar-refractivity contribution in [2.75, 3.05) is 33.2 Å². The second kappa shape index (κ2) is 22.6. The number of primary amides is 1. The standard InChI is InChI=1S/C27H35N5O.C5H8ClN3.3C2H6/c1-18(15-25-19(2)30-12-9-24(25)23-7-8-26(28)31-16-23)17-32-13-10-21(11-14-32)20-3-5-22(6-4-20)27(29)33;1-9-5(7)3-2-4(6)8-9;3*1-2/h3,5,7-9,12,15,21,30H,4,6,10-11,13-14,16-17H2,1-2H3,(H2,28,31)(H2,29,33);2-3,8H,7H2,1H3;3*1-2H3/b18-15+,24-23+;;;;. The molecule has 8 N–H and O–H groups in total. The molecular formula is C38H61ClN8O. The van der Waals surface area contributed by atoms with Crippen LogP contribution in [-0.4, -0.2) is 54.9 Å². The van der Waals surface area contributed by atoms with Gasteiger partial charge in [-0.15, -0.1) is 0 Å². The maximum Gasteiger partial charge on any atom is 0.244 e. The molecule has 1 amide bonds. The molecule has 0 bridgehead atoms. The second-order valence-corrected chi connectivity index (χ2v) is 11.6. The maximum absolute atomic E-state index is 11.4. The quantitative estimate of drug-likeness (QED) is 0.202. The molecule has 266 valence electrons. The zero-order chi connectivity index (χ0) is 36.2. The van der Waals surface area contributed by atoms with Gasteiger partial charge in [0.2, 0.25) is 5.91 Å². The highest BCUT2D eigenvalue weighted by molar-refractivity contribution is 6.29. The van der Waals surface area contributed by atoms with Crippen LogP contribution >= 0.6 is 11.6 Å². The number of nitrogens with two attached hydrogens (primary N) is 3. The predicted octanol–water partition coefficient (Wildman–Crippen LogP) is 6.79. The second-order valence-electron chi connectivity index (χ2n) is 11.1. The molecule has 5 rings (SSSR count). The van der Waals surface area contributed by atoms with Crippen molar-refractivity contribution in [3.63, 3.8) is 0 Å². The van der Waals surface area contributed by atoms with E-state index >= 15 is 0 Å². The average molecular weight is 681 g/mol. The molecule has 0 aromatic carbocycles. The van der Waals surface area contributed by atoms with Crippen molar-refractivity contribution in [3.8, 4) is 0 Å². The number of dihydropyridines is 2. The first-order valence-electron chi connectivity index (χ1n) is 17.4. The van der Waals surface area contributed by atoms with Crippen molar-refractivity contribution >= 4 is 23.3 Å². The van der Waals surface area contributed by atoms with Crippen LogP contribution in [-0.2, 0) is 4.79 Å². The first-order valence-corrected chi connectivity index (χ1v) is 17.8. The summed E-state index contributed by atoms with van der Waals surface area (Å²) in [5.41, 5.74) is 27.8. The number of hydrogen-bond donors (Lipinski definition) is 5. The van der Waals surface area contributed by atoms with E-state index in [4.69, 9.17) is 28.8 Å². The molecule has 5 aliphatic rings. The molecule has 0 unspecified atom stereocenters. The van der Waals surface area contributed by atoms with Gasteiger partial charge < -0.3 is 22.5 Å². The van der Waals surface area contributed by atoms with Crippen LogP contribution < -0.4 is 27.9 Å². The largest absolute Gasteiger partial charge is 0.384 e. The summed E-state index contributed by atoms with van der Waals surface area (Å²) in [6, 6.07) is 0. The number of amidine groups is 1. The summed E-state index contributed by atoms with van der Waals surface area (Å²) in [6.45, 7) is 20.1. The van der Waals surface area contributed by atoms with E-state index in [0.717, 1.165) is 43.7 Å². The number of aliphatic imine (C=N–C) groups is 1. The number of allylic oxidation sites excluding steroid dienone is 10. The summed E-state index contributed by atoms with van der Waals surface area (Å²) < 4.78 is 0. The number of halogens is 1. The molecule has 9 nitrogen and oxygen atoms in total. The summed E-state index contributed by atoms with van der Waals surface area (Å²) in [5, 5.41) is 5.57. The van der Waals surface area contributed by atoms with Crippen LogP contribution in [0.2, 0.25) is 0 Å². The number of piperidine rings is 1. The number of carbonyl (C=O) groups is 1. The number of nitrogens with zero attached hydrogens (tertiary/aromatic N) is 3. The lowest BCUT2D eigenvalue weighted by atomic mass is 9.83. The predicted molar refractivity (Wildman–Crippen MR) is 206 cm³/mol. The van der Waals surface area contributed by atoms with Gasteiger partial charge in [-0.25, -0.2) is 0 Å². The third kappa shape index (κ3) is 13.3. The van der Waals surface area contributed by atoms with E-state index in [1.165, 1.54) is 40.7 Å². The number of hydrogen-bond acceptors (Lipinski definition) is 8. The molecule has 0 atom stereocenters. The molecule has 48 heavy (non-hydrogen) atoms. The monoisotopic (exact) mass is 680 g/mol. The Morgan fingerprint density at radius 1 is 1.00 bits per heavy atom. The third-order valence-corrected chi connectivity index (χ3v) is 8.22. The molecule has 10 heteroatoms. The van der Waals surface area contributed by atoms with Crippen LogP contribution in [0, 0.1) is 5.92 Å². The maximum atomic E-state index is 11.4. The van der Waals surface area contributed by atoms with E-state index in [1.807, 2.05) is 59.9 Å². The Kier molecular flexibility index (Phi) is 19.8. The van der Waals surface area contributed by atoms with Gasteiger partial charge in [-0.2, -0.15) is 0 Å². The zero-order valence-corrected chi connectivity index (χ0v) is 31.5. The summed E-state index contributed by atoms with van der Waals surface area (Å²) >= 11 is 5.58. The Balaban J connectivity index is 0.000000647. The van der Waals surface area contributed by atoms with Crippen LogP contribution in [0.4, 0.5) is 0 Å². The summed E-state index contributed by atoms with van der Waals surface area (Å²) in [5.74, 6) is 1.57. The van der Waals surface area contributed by atoms with Crippen molar-refractivity contribution in [3.05, 3.63) is 105 Å². The van der Waals surface area contributed by atoms with Gasteiger partial charge in [0.1, 0.15) is 16.8 Å². The van der Waals surface area contributed by atoms with E-state index in [2.05, 4.69) is 58.8 Å². The molecule has 4 aliphatic heterocycles. The molecule has 4 heterocycles. The lowest BCUT2D eigenvalue weighted by Crippen LogP contribution is -2.36. The Bertz CT molecular complexity index is 1380. The zero-order valence-electron chi connectivity index (χ0n) is 30.8. The number of likely N-dealkylation sites (tertiary alicyclic amines) is 1. The Hall–Kier alpha value is -3.95. The van der Waals surface area contributed by atoms with Gasteiger partial charge in [0, 0.05) is 36.6 Å². The minimum absolute atomic E-state index is 0.286. The minimum atomic E-state index is -0.286. The van der Waals surface area contributed by atoms with E-state index < -0.39 is 0 Å². The molecule has 1 saturated heterocycles. The molecule has 0 aromatic rings. The number of hydrazine groups is 1. The number of nitrogens with one attached hydrogen (secondary N) is 2. The first kappa shape index (κ1) is 42.1. The highest BCUT2D eigenvalue weighted by atomic mass is 35.5. The van der Waals surface area contributed by atoms with Gasteiger partial charge in [0.05, 0.1) is 6.54 Å². The van der Waals surface area contributed by atoms with Crippen molar-refractivity contribution in [2.24, 2.45) is 28.1 Å². The summed E-state index contributed by atoms with van der Waals surface area (Å²) in [6.07, 6.45) is 22.0. The molecular weight excluding hydrogens is 620 g/mol. The highest BCUT2D eigenvalue weighted by Crippen LogP contribution is 2.32. The molecule has 1 aliphatic carbocycles. The van der Waals surface area contributed by atoms with Gasteiger partial charge in [-0.1, -0.05) is 88.6 Å². The smallest absolute Gasteiger partial charge is 0.244 e. The SMILES string of the molecule is CC.CC.CC.CC1=C(/C=C(\C)CN2CCC(C3=CC=C(C(N)=O)CC3)CC2)/C(=C2\C=CC(N)=NC2)C=CN1.CN1NC(Cl)=CC=C1N. The Labute approximate surface area is 295 Å². The van der Waals surface area contributed by atoms with Gasteiger partial charge in [0.25, 0.3) is 0 Å². The van der Waals surface area contributed by atoms with E-state index in [9.17, 15) is 4.79 Å². The Morgan fingerprint density at radius 2 is 1.67 bits per heavy atom. The van der Waals surface area contributed by atoms with Crippen molar-refractivity contribution < 1.29 is 4.79 Å². The lowest BCUT2D eigenvalue weighted by Gasteiger charge is -2.34. The van der Waals surface area contributed by atoms with Crippen LogP contribution in [0.25, 0.3) is 0 Å². The average Bonchev–Trinajstić information content (AvgIpc) is 3.11. The van der Waals surface area contributed by atoms with Crippen LogP contribution in [0.1, 0.15) is 81.1 Å². The Morgan fingerprint density at radius 3 is 2.19 bits per heavy atom. The van der Waals surface area contributed by atoms with Gasteiger partial charge in [0.15, 0.2) is 0 Å². The van der Waals surface area contributed by atoms with Crippen LogP contribution in [0.3, 0.4) is 0 Å². The normalized spacial score (nSPS) is 20.9. The van der Waals surface area contributed by atoms with Crippen molar-refractivity contribution in [1.82, 2.24) is 20.7 Å². The molecule has 1 fully saturated rings. The van der Waals surface area contributed by atoms with Crippen molar-refractivity contribution in [2.45, 2.75) is 81.1 Å². The number of amides is 1. The summed E-state index contributed by atoms with van der Waals surface area (Å²) in [7, 11) is 1.79. The van der Waals surface area contributed by atoms with Gasteiger partial charge >= 0.3 is 0 Å². The fraction of sp³-hybridized carbons (Fsp3) is 0.474. The van der Waals surface area contributed by atoms with Crippen molar-refractivity contribution in [1.29, 1.82) is 0 Å². The molecule has 0 saturated carbocycles. The van der Waals surface area contributed by atoms with Crippen LogP contribution in [0.5, 0.6) is 0 Å². The molecule has 0 radical (unpaired) electrons. The fourth-order valence-electron chi connectivity index (χ4n) is 5.57. The summed E-state index contributed by atoms with van der Waals surface area (Å²) in [4.78, 5) is 18.3.